The zero-order valence-corrected chi connectivity index (χ0v) is 22.0. The van der Waals surface area contributed by atoms with Gasteiger partial charge in [-0.3, -0.25) is 14.4 Å². The molecule has 1 aromatic carbocycles. The second kappa shape index (κ2) is 11.3. The summed E-state index contributed by atoms with van der Waals surface area (Å²) in [7, 11) is 1.39. The van der Waals surface area contributed by atoms with Gasteiger partial charge >= 0.3 is 5.97 Å². The monoisotopic (exact) mass is 537 g/mol. The Hall–Kier alpha value is -3.50. The van der Waals surface area contributed by atoms with Crippen LogP contribution in [0, 0.1) is 5.92 Å². The van der Waals surface area contributed by atoms with Crippen molar-refractivity contribution in [3.8, 4) is 22.0 Å². The SMILES string of the molecule is COC(=O)C1CCN(C(=O)CCCNC(=O)c2sccc2-c2nc(-c3cc4ccccc4o3)cs2)CC1. The molecule has 4 aromatic rings. The Balaban J connectivity index is 1.13. The first-order chi connectivity index (χ1) is 18.0. The van der Waals surface area contributed by atoms with Crippen LogP contribution in [-0.2, 0) is 14.3 Å². The number of furan rings is 1. The van der Waals surface area contributed by atoms with Gasteiger partial charge in [-0.2, -0.15) is 0 Å². The number of amides is 2. The van der Waals surface area contributed by atoms with E-state index in [0.29, 0.717) is 56.0 Å². The van der Waals surface area contributed by atoms with Crippen LogP contribution in [-0.4, -0.2) is 54.4 Å². The summed E-state index contributed by atoms with van der Waals surface area (Å²) in [5.74, 6) is 0.253. The Morgan fingerprint density at radius 1 is 1.16 bits per heavy atom. The van der Waals surface area contributed by atoms with Crippen LogP contribution in [0.1, 0.15) is 35.4 Å². The molecule has 1 aliphatic heterocycles. The summed E-state index contributed by atoms with van der Waals surface area (Å²) >= 11 is 2.84. The summed E-state index contributed by atoms with van der Waals surface area (Å²) in [4.78, 5) is 44.2. The summed E-state index contributed by atoms with van der Waals surface area (Å²) in [6, 6.07) is 11.7. The number of rotatable bonds is 8. The predicted octanol–water partition coefficient (Wildman–Crippen LogP) is 5.21. The largest absolute Gasteiger partial charge is 0.469 e. The van der Waals surface area contributed by atoms with Gasteiger partial charge in [0.2, 0.25) is 5.91 Å². The van der Waals surface area contributed by atoms with Crippen molar-refractivity contribution in [2.24, 2.45) is 5.92 Å². The number of benzene rings is 1. The highest BCUT2D eigenvalue weighted by molar-refractivity contribution is 7.15. The van der Waals surface area contributed by atoms with E-state index in [1.165, 1.54) is 29.8 Å². The standard InChI is InChI=1S/C27H27N3O5S2/c1-34-27(33)17-8-12-30(13-9-17)23(31)7-4-11-28-25(32)24-19(10-14-36-24)26-29-20(16-37-26)22-15-18-5-2-3-6-21(18)35-22/h2-3,5-6,10,14-17H,4,7-9,11-13H2,1H3,(H,28,32). The molecule has 0 bridgehead atoms. The summed E-state index contributed by atoms with van der Waals surface area (Å²) in [5, 5.41) is 8.53. The number of nitrogens with zero attached hydrogens (tertiary/aromatic N) is 2. The highest BCUT2D eigenvalue weighted by Gasteiger charge is 2.27. The third-order valence-electron chi connectivity index (χ3n) is 6.52. The zero-order valence-electron chi connectivity index (χ0n) is 20.4. The van der Waals surface area contributed by atoms with E-state index in [4.69, 9.17) is 14.1 Å². The quantitative estimate of drug-likeness (QED) is 0.245. The van der Waals surface area contributed by atoms with Crippen molar-refractivity contribution >= 4 is 51.4 Å². The number of thiophene rings is 1. The van der Waals surface area contributed by atoms with Gasteiger partial charge < -0.3 is 19.4 Å². The Bertz CT molecular complexity index is 1380. The molecular formula is C27H27N3O5S2. The number of hydrogen-bond acceptors (Lipinski definition) is 8. The number of nitrogens with one attached hydrogen (secondary N) is 1. The lowest BCUT2D eigenvalue weighted by Gasteiger charge is -2.30. The van der Waals surface area contributed by atoms with Gasteiger partial charge in [-0.25, -0.2) is 4.98 Å². The van der Waals surface area contributed by atoms with Gasteiger partial charge in [0.05, 0.1) is 13.0 Å². The second-order valence-electron chi connectivity index (χ2n) is 8.89. The highest BCUT2D eigenvalue weighted by atomic mass is 32.1. The van der Waals surface area contributed by atoms with Crippen LogP contribution in [0.5, 0.6) is 0 Å². The van der Waals surface area contributed by atoms with Gasteiger partial charge in [0.15, 0.2) is 5.76 Å². The maximum Gasteiger partial charge on any atom is 0.308 e. The molecule has 3 aromatic heterocycles. The van der Waals surface area contributed by atoms with Gasteiger partial charge in [0, 0.05) is 42.4 Å². The summed E-state index contributed by atoms with van der Waals surface area (Å²) < 4.78 is 10.7. The first kappa shape index (κ1) is 25.2. The number of piperidine rings is 1. The van der Waals surface area contributed by atoms with Gasteiger partial charge in [0.1, 0.15) is 21.2 Å². The minimum Gasteiger partial charge on any atom is -0.469 e. The Morgan fingerprint density at radius 3 is 2.76 bits per heavy atom. The normalized spacial score (nSPS) is 14.1. The molecule has 1 aliphatic rings. The first-order valence-corrected chi connectivity index (χ1v) is 14.0. The zero-order chi connectivity index (χ0) is 25.8. The van der Waals surface area contributed by atoms with E-state index < -0.39 is 0 Å². The Labute approximate surface area is 222 Å². The molecule has 0 aliphatic carbocycles. The molecule has 5 rings (SSSR count). The predicted molar refractivity (Wildman–Crippen MR) is 144 cm³/mol. The number of methoxy groups -OCH3 is 1. The molecule has 4 heterocycles. The molecule has 0 atom stereocenters. The number of thiazole rings is 1. The molecule has 8 nitrogen and oxygen atoms in total. The number of carbonyl (C=O) groups is 3. The first-order valence-electron chi connectivity index (χ1n) is 12.2. The van der Waals surface area contributed by atoms with Gasteiger partial charge in [-0.05, 0) is 42.8 Å². The molecule has 37 heavy (non-hydrogen) atoms. The molecule has 0 radical (unpaired) electrons. The van der Waals surface area contributed by atoms with Gasteiger partial charge in [-0.15, -0.1) is 22.7 Å². The van der Waals surface area contributed by atoms with Crippen LogP contribution in [0.2, 0.25) is 0 Å². The Morgan fingerprint density at radius 2 is 1.97 bits per heavy atom. The van der Waals surface area contributed by atoms with E-state index in [1.807, 2.05) is 47.2 Å². The molecule has 2 amide bonds. The second-order valence-corrected chi connectivity index (χ2v) is 10.7. The van der Waals surface area contributed by atoms with Crippen molar-refractivity contribution in [3.63, 3.8) is 0 Å². The van der Waals surface area contributed by atoms with Crippen molar-refractivity contribution in [2.75, 3.05) is 26.7 Å². The fourth-order valence-electron chi connectivity index (χ4n) is 4.48. The fraction of sp³-hybridized carbons (Fsp3) is 0.333. The number of fused-ring (bicyclic) bond motifs is 1. The van der Waals surface area contributed by atoms with Crippen molar-refractivity contribution in [3.05, 3.63) is 52.0 Å². The molecule has 0 saturated carbocycles. The lowest BCUT2D eigenvalue weighted by Crippen LogP contribution is -2.40. The van der Waals surface area contributed by atoms with Crippen LogP contribution < -0.4 is 5.32 Å². The van der Waals surface area contributed by atoms with Crippen LogP contribution in [0.25, 0.3) is 33.0 Å². The smallest absolute Gasteiger partial charge is 0.308 e. The van der Waals surface area contributed by atoms with Gasteiger partial charge in [0.25, 0.3) is 5.91 Å². The molecule has 10 heteroatoms. The van der Waals surface area contributed by atoms with Crippen LogP contribution in [0.4, 0.5) is 0 Å². The average Bonchev–Trinajstić information content (AvgIpc) is 3.69. The fourth-order valence-corrected chi connectivity index (χ4v) is 6.20. The van der Waals surface area contributed by atoms with Crippen molar-refractivity contribution in [1.29, 1.82) is 0 Å². The third-order valence-corrected chi connectivity index (χ3v) is 8.31. The number of carbonyl (C=O) groups excluding carboxylic acids is 3. The summed E-state index contributed by atoms with van der Waals surface area (Å²) in [6.07, 6.45) is 2.17. The maximum atomic E-state index is 12.9. The van der Waals surface area contributed by atoms with E-state index >= 15 is 0 Å². The van der Waals surface area contributed by atoms with Crippen LogP contribution >= 0.6 is 22.7 Å². The van der Waals surface area contributed by atoms with E-state index in [0.717, 1.165) is 27.2 Å². The highest BCUT2D eigenvalue weighted by Crippen LogP contribution is 2.35. The lowest BCUT2D eigenvalue weighted by atomic mass is 9.97. The topological polar surface area (TPSA) is 102 Å². The number of esters is 1. The van der Waals surface area contributed by atoms with Crippen LogP contribution in [0.3, 0.4) is 0 Å². The van der Waals surface area contributed by atoms with Gasteiger partial charge in [-0.1, -0.05) is 18.2 Å². The molecule has 192 valence electrons. The summed E-state index contributed by atoms with van der Waals surface area (Å²) in [5.41, 5.74) is 2.34. The molecular weight excluding hydrogens is 510 g/mol. The number of ether oxygens (including phenoxy) is 1. The van der Waals surface area contributed by atoms with Crippen molar-refractivity contribution < 1.29 is 23.5 Å². The Kier molecular flexibility index (Phi) is 7.66. The minimum absolute atomic E-state index is 0.0512. The molecule has 1 fully saturated rings. The maximum absolute atomic E-state index is 12.9. The third kappa shape index (κ3) is 5.60. The molecule has 1 N–H and O–H groups in total. The van der Waals surface area contributed by atoms with E-state index in [-0.39, 0.29) is 23.7 Å². The number of hydrogen-bond donors (Lipinski definition) is 1. The number of aromatic nitrogens is 1. The van der Waals surface area contributed by atoms with Crippen molar-refractivity contribution in [1.82, 2.24) is 15.2 Å². The van der Waals surface area contributed by atoms with E-state index in [9.17, 15) is 14.4 Å². The number of para-hydroxylation sites is 1. The van der Waals surface area contributed by atoms with E-state index in [2.05, 4.69) is 5.32 Å². The summed E-state index contributed by atoms with van der Waals surface area (Å²) in [6.45, 7) is 1.53. The van der Waals surface area contributed by atoms with E-state index in [1.54, 1.807) is 4.90 Å². The minimum atomic E-state index is -0.203. The lowest BCUT2D eigenvalue weighted by molar-refractivity contribution is -0.148. The molecule has 0 unspecified atom stereocenters. The average molecular weight is 538 g/mol. The van der Waals surface area contributed by atoms with Crippen molar-refractivity contribution in [2.45, 2.75) is 25.7 Å². The van der Waals surface area contributed by atoms with Crippen LogP contribution in [0.15, 0.2) is 51.6 Å². The number of likely N-dealkylation sites (tertiary alicyclic amines) is 1. The molecule has 0 spiro atoms. The molecule has 1 saturated heterocycles.